The molecular weight excluding hydrogens is 236 g/mol. The molecule has 17 heavy (non-hydrogen) atoms. The van der Waals surface area contributed by atoms with Crippen LogP contribution >= 0.6 is 11.6 Å². The van der Waals surface area contributed by atoms with Gasteiger partial charge in [-0.2, -0.15) is 0 Å². The van der Waals surface area contributed by atoms with Crippen LogP contribution in [0.15, 0.2) is 12.3 Å². The number of pyridine rings is 1. The molecule has 0 spiro atoms. The smallest absolute Gasteiger partial charge is 0.254 e. The molecular formula is C13H17ClN2O. The summed E-state index contributed by atoms with van der Waals surface area (Å²) in [5.74, 6) is -0.119. The minimum absolute atomic E-state index is 0.0781. The summed E-state index contributed by atoms with van der Waals surface area (Å²) in [6.07, 6.45) is 5.98. The summed E-state index contributed by atoms with van der Waals surface area (Å²) >= 11 is 6.05. The molecule has 1 N–H and O–H groups in total. The van der Waals surface area contributed by atoms with Gasteiger partial charge >= 0.3 is 0 Å². The average Bonchev–Trinajstić information content (AvgIpc) is 2.64. The van der Waals surface area contributed by atoms with E-state index >= 15 is 0 Å². The molecule has 1 aromatic rings. The lowest BCUT2D eigenvalue weighted by Crippen LogP contribution is -2.43. The van der Waals surface area contributed by atoms with E-state index in [9.17, 15) is 4.79 Å². The number of aryl methyl sites for hydroxylation is 1. The van der Waals surface area contributed by atoms with Crippen LogP contribution in [0.1, 0.15) is 48.7 Å². The van der Waals surface area contributed by atoms with Gasteiger partial charge in [-0.05, 0) is 32.8 Å². The van der Waals surface area contributed by atoms with Crippen molar-refractivity contribution in [3.8, 4) is 0 Å². The van der Waals surface area contributed by atoms with Crippen LogP contribution in [0.4, 0.5) is 0 Å². The molecule has 4 heteroatoms. The first-order valence-electron chi connectivity index (χ1n) is 5.95. The molecule has 1 aliphatic rings. The zero-order chi connectivity index (χ0) is 12.5. The summed E-state index contributed by atoms with van der Waals surface area (Å²) in [5.41, 5.74) is 1.20. The molecule has 3 nitrogen and oxygen atoms in total. The first-order chi connectivity index (χ1) is 8.00. The number of halogens is 1. The number of carbonyl (C=O) groups excluding carboxylic acids is 1. The largest absolute Gasteiger partial charge is 0.347 e. The van der Waals surface area contributed by atoms with E-state index in [-0.39, 0.29) is 11.4 Å². The predicted octanol–water partition coefficient (Wildman–Crippen LogP) is 3.11. The Balaban J connectivity index is 2.14. The summed E-state index contributed by atoms with van der Waals surface area (Å²) < 4.78 is 0. The van der Waals surface area contributed by atoms with Gasteiger partial charge in [0.1, 0.15) is 0 Å². The molecule has 1 amide bonds. The van der Waals surface area contributed by atoms with Crippen molar-refractivity contribution in [2.75, 3.05) is 0 Å². The van der Waals surface area contributed by atoms with Gasteiger partial charge in [0.25, 0.3) is 5.91 Å². The first kappa shape index (κ1) is 12.4. The Kier molecular flexibility index (Phi) is 3.38. The maximum Gasteiger partial charge on any atom is 0.254 e. The fraction of sp³-hybridized carbons (Fsp3) is 0.538. The van der Waals surface area contributed by atoms with E-state index in [1.807, 2.05) is 6.92 Å². The predicted molar refractivity (Wildman–Crippen MR) is 68.3 cm³/mol. The molecule has 0 aromatic carbocycles. The lowest BCUT2D eigenvalue weighted by atomic mass is 10.0. The van der Waals surface area contributed by atoms with Gasteiger partial charge in [-0.1, -0.05) is 24.4 Å². The molecule has 0 aliphatic heterocycles. The third-order valence-corrected chi connectivity index (χ3v) is 3.67. The van der Waals surface area contributed by atoms with Gasteiger partial charge in [-0.15, -0.1) is 0 Å². The van der Waals surface area contributed by atoms with Gasteiger partial charge in [0.2, 0.25) is 0 Å². The Hall–Kier alpha value is -1.09. The normalized spacial score (nSPS) is 18.1. The number of carbonyl (C=O) groups is 1. The van der Waals surface area contributed by atoms with Crippen LogP contribution < -0.4 is 5.32 Å². The van der Waals surface area contributed by atoms with Crippen molar-refractivity contribution < 1.29 is 4.79 Å². The van der Waals surface area contributed by atoms with Crippen LogP contribution in [0.25, 0.3) is 0 Å². The minimum atomic E-state index is -0.119. The second-order valence-corrected chi connectivity index (χ2v) is 5.43. The molecule has 0 radical (unpaired) electrons. The summed E-state index contributed by atoms with van der Waals surface area (Å²) in [4.78, 5) is 16.2. The lowest BCUT2D eigenvalue weighted by Gasteiger charge is -2.25. The van der Waals surface area contributed by atoms with E-state index < -0.39 is 0 Å². The van der Waals surface area contributed by atoms with Crippen LogP contribution in [0, 0.1) is 6.92 Å². The first-order valence-corrected chi connectivity index (χ1v) is 6.33. The van der Waals surface area contributed by atoms with E-state index in [2.05, 4.69) is 17.2 Å². The molecule has 1 aliphatic carbocycles. The van der Waals surface area contributed by atoms with Gasteiger partial charge in [0, 0.05) is 17.4 Å². The zero-order valence-corrected chi connectivity index (χ0v) is 11.0. The van der Waals surface area contributed by atoms with Crippen LogP contribution in [0.3, 0.4) is 0 Å². The molecule has 0 unspecified atom stereocenters. The summed E-state index contributed by atoms with van der Waals surface area (Å²) in [6.45, 7) is 3.94. The molecule has 0 bridgehead atoms. The molecule has 0 atom stereocenters. The highest BCUT2D eigenvalue weighted by atomic mass is 35.5. The number of rotatable bonds is 2. The van der Waals surface area contributed by atoms with E-state index in [1.165, 1.54) is 12.8 Å². The highest BCUT2D eigenvalue weighted by molar-refractivity contribution is 6.33. The molecule has 1 aromatic heterocycles. The second-order valence-electron chi connectivity index (χ2n) is 5.03. The van der Waals surface area contributed by atoms with E-state index in [4.69, 9.17) is 11.6 Å². The van der Waals surface area contributed by atoms with Gasteiger partial charge in [-0.3, -0.25) is 9.78 Å². The molecule has 1 heterocycles. The Morgan fingerprint density at radius 1 is 1.47 bits per heavy atom. The average molecular weight is 253 g/mol. The third-order valence-electron chi connectivity index (χ3n) is 3.36. The van der Waals surface area contributed by atoms with Crippen molar-refractivity contribution in [1.82, 2.24) is 10.3 Å². The van der Waals surface area contributed by atoms with Crippen molar-refractivity contribution >= 4 is 17.5 Å². The van der Waals surface area contributed by atoms with Crippen molar-refractivity contribution in [2.45, 2.75) is 45.1 Å². The quantitative estimate of drug-likeness (QED) is 0.879. The topological polar surface area (TPSA) is 42.0 Å². The van der Waals surface area contributed by atoms with Crippen molar-refractivity contribution in [3.05, 3.63) is 28.5 Å². The van der Waals surface area contributed by atoms with Crippen LogP contribution in [0.2, 0.25) is 5.02 Å². The fourth-order valence-electron chi connectivity index (χ4n) is 2.32. The van der Waals surface area contributed by atoms with Crippen LogP contribution in [0.5, 0.6) is 0 Å². The monoisotopic (exact) mass is 252 g/mol. The highest BCUT2D eigenvalue weighted by Crippen LogP contribution is 2.29. The molecule has 92 valence electrons. The van der Waals surface area contributed by atoms with E-state index in [0.29, 0.717) is 10.6 Å². The number of nitrogens with one attached hydrogen (secondary N) is 1. The summed E-state index contributed by atoms with van der Waals surface area (Å²) in [7, 11) is 0. The van der Waals surface area contributed by atoms with E-state index in [0.717, 1.165) is 18.5 Å². The number of amides is 1. The van der Waals surface area contributed by atoms with Gasteiger partial charge in [-0.25, -0.2) is 0 Å². The number of hydrogen-bond acceptors (Lipinski definition) is 2. The summed E-state index contributed by atoms with van der Waals surface area (Å²) in [5, 5.41) is 3.54. The Bertz CT molecular complexity index is 439. The van der Waals surface area contributed by atoms with E-state index in [1.54, 1.807) is 12.3 Å². The maximum atomic E-state index is 12.1. The van der Waals surface area contributed by atoms with Crippen LogP contribution in [-0.4, -0.2) is 16.4 Å². The second kappa shape index (κ2) is 4.65. The van der Waals surface area contributed by atoms with Crippen molar-refractivity contribution in [3.63, 3.8) is 0 Å². The molecule has 0 saturated heterocycles. The standard InChI is InChI=1S/C13H17ClN2O/c1-9-7-11(14)10(8-15-9)12(17)16-13(2)5-3-4-6-13/h7-8H,3-6H2,1-2H3,(H,16,17). The number of nitrogens with zero attached hydrogens (tertiary/aromatic N) is 1. The summed E-state index contributed by atoms with van der Waals surface area (Å²) in [6, 6.07) is 1.72. The molecule has 1 saturated carbocycles. The maximum absolute atomic E-state index is 12.1. The Morgan fingerprint density at radius 3 is 2.71 bits per heavy atom. The Labute approximate surface area is 107 Å². The van der Waals surface area contributed by atoms with Crippen LogP contribution in [-0.2, 0) is 0 Å². The Morgan fingerprint density at radius 2 is 2.12 bits per heavy atom. The van der Waals surface area contributed by atoms with Crippen molar-refractivity contribution in [1.29, 1.82) is 0 Å². The number of hydrogen-bond donors (Lipinski definition) is 1. The lowest BCUT2D eigenvalue weighted by molar-refractivity contribution is 0.0908. The van der Waals surface area contributed by atoms with Crippen molar-refractivity contribution in [2.24, 2.45) is 0 Å². The van der Waals surface area contributed by atoms with Gasteiger partial charge in [0.15, 0.2) is 0 Å². The minimum Gasteiger partial charge on any atom is -0.347 e. The van der Waals surface area contributed by atoms with Gasteiger partial charge in [0.05, 0.1) is 10.6 Å². The molecule has 2 rings (SSSR count). The number of aromatic nitrogens is 1. The highest BCUT2D eigenvalue weighted by Gasteiger charge is 2.30. The zero-order valence-electron chi connectivity index (χ0n) is 10.2. The fourth-order valence-corrected chi connectivity index (χ4v) is 2.61. The third kappa shape index (κ3) is 2.78. The SMILES string of the molecule is Cc1cc(Cl)c(C(=O)NC2(C)CCCC2)cn1. The molecule has 1 fully saturated rings. The van der Waals surface area contributed by atoms with Gasteiger partial charge < -0.3 is 5.32 Å².